The molecule has 31 heavy (non-hydrogen) atoms. The number of ether oxygens (including phenoxy) is 1. The number of phosphoric ester groups is 1. The number of hydrogen-bond donors (Lipinski definition) is 3. The normalized spacial score (nSPS) is 19.3. The van der Waals surface area contributed by atoms with Gasteiger partial charge < -0.3 is 19.4 Å². The van der Waals surface area contributed by atoms with Crippen LogP contribution in [-0.2, 0) is 22.7 Å². The molecular weight excluding hydrogens is 442 g/mol. The highest BCUT2D eigenvalue weighted by Gasteiger charge is 2.31. The van der Waals surface area contributed by atoms with Crippen LogP contribution in [-0.4, -0.2) is 34.0 Å². The Balaban J connectivity index is 1.87. The van der Waals surface area contributed by atoms with E-state index in [-0.39, 0.29) is 6.61 Å². The van der Waals surface area contributed by atoms with Gasteiger partial charge in [0, 0.05) is 0 Å². The Hall–Kier alpha value is 0.220. The highest BCUT2D eigenvalue weighted by atomic mass is 31.3. The molecule has 0 aromatic heterocycles. The third-order valence-electron chi connectivity index (χ3n) is 5.84. The van der Waals surface area contributed by atoms with Crippen molar-refractivity contribution in [1.29, 1.82) is 0 Å². The Morgan fingerprint density at radius 3 is 1.81 bits per heavy atom. The largest absolute Gasteiger partial charge is 0.481 e. The third-order valence-corrected chi connectivity index (χ3v) is 8.02. The standard InChI is InChI=1S/C21H44O8P2/c1-2-20(15-11-7-4-3-5-9-13-17-21-19-27-21)16-12-8-6-10-14-18-28-31(25,26)29-30(22,23)24/h20-21H,2-19H2,1H3,(H,25,26)(H2,22,23,24). The Morgan fingerprint density at radius 2 is 1.32 bits per heavy atom. The van der Waals surface area contributed by atoms with Crippen LogP contribution in [0.25, 0.3) is 0 Å². The van der Waals surface area contributed by atoms with Gasteiger partial charge in [-0.25, -0.2) is 9.13 Å². The number of epoxide rings is 1. The highest BCUT2D eigenvalue weighted by molar-refractivity contribution is 7.60. The number of hydrogen-bond acceptors (Lipinski definition) is 5. The first kappa shape index (κ1) is 29.3. The summed E-state index contributed by atoms with van der Waals surface area (Å²) in [6.07, 6.45) is 19.9. The van der Waals surface area contributed by atoms with Crippen molar-refractivity contribution < 1.29 is 37.4 Å². The van der Waals surface area contributed by atoms with Crippen molar-refractivity contribution in [2.24, 2.45) is 5.92 Å². The fourth-order valence-electron chi connectivity index (χ4n) is 3.88. The topological polar surface area (TPSA) is 126 Å². The van der Waals surface area contributed by atoms with Gasteiger partial charge in [-0.2, -0.15) is 4.31 Å². The van der Waals surface area contributed by atoms with E-state index in [1.165, 1.54) is 77.0 Å². The zero-order valence-electron chi connectivity index (χ0n) is 19.2. The molecule has 0 radical (unpaired) electrons. The van der Waals surface area contributed by atoms with E-state index < -0.39 is 15.6 Å². The van der Waals surface area contributed by atoms with Gasteiger partial charge in [-0.15, -0.1) is 0 Å². The molecule has 0 saturated carbocycles. The van der Waals surface area contributed by atoms with Crippen LogP contribution >= 0.6 is 15.6 Å². The van der Waals surface area contributed by atoms with E-state index in [4.69, 9.17) is 19.4 Å². The molecule has 1 aliphatic rings. The Morgan fingerprint density at radius 1 is 0.839 bits per heavy atom. The summed E-state index contributed by atoms with van der Waals surface area (Å²) in [5.41, 5.74) is 0. The van der Waals surface area contributed by atoms with Gasteiger partial charge in [0.05, 0.1) is 19.3 Å². The molecule has 0 amide bonds. The van der Waals surface area contributed by atoms with Crippen LogP contribution < -0.4 is 0 Å². The van der Waals surface area contributed by atoms with Crippen molar-refractivity contribution in [3.8, 4) is 0 Å². The molecule has 1 heterocycles. The summed E-state index contributed by atoms with van der Waals surface area (Å²) in [6, 6.07) is 0. The number of rotatable bonds is 22. The lowest BCUT2D eigenvalue weighted by atomic mass is 9.92. The molecule has 10 heteroatoms. The minimum absolute atomic E-state index is 0.0553. The van der Waals surface area contributed by atoms with Crippen LogP contribution in [0.2, 0.25) is 0 Å². The molecule has 1 rings (SSSR count). The van der Waals surface area contributed by atoms with Crippen LogP contribution in [0.3, 0.4) is 0 Å². The summed E-state index contributed by atoms with van der Waals surface area (Å²) in [5.74, 6) is 0.812. The zero-order valence-corrected chi connectivity index (χ0v) is 20.9. The number of unbranched alkanes of at least 4 members (excludes halogenated alkanes) is 10. The minimum atomic E-state index is -5.03. The molecule has 0 aromatic rings. The van der Waals surface area contributed by atoms with Gasteiger partial charge in [0.25, 0.3) is 0 Å². The van der Waals surface area contributed by atoms with E-state index in [2.05, 4.69) is 15.8 Å². The average molecular weight is 487 g/mol. The summed E-state index contributed by atoms with van der Waals surface area (Å²) < 4.78 is 35.4. The first-order chi connectivity index (χ1) is 14.7. The van der Waals surface area contributed by atoms with E-state index in [1.807, 2.05) is 0 Å². The average Bonchev–Trinajstić information content (AvgIpc) is 3.49. The second-order valence-electron chi connectivity index (χ2n) is 8.71. The van der Waals surface area contributed by atoms with Crippen molar-refractivity contribution in [1.82, 2.24) is 0 Å². The van der Waals surface area contributed by atoms with Crippen molar-refractivity contribution in [3.05, 3.63) is 0 Å². The van der Waals surface area contributed by atoms with Crippen LogP contribution in [0.1, 0.15) is 110 Å². The van der Waals surface area contributed by atoms with Crippen LogP contribution in [0, 0.1) is 5.92 Å². The molecule has 0 aromatic carbocycles. The zero-order chi connectivity index (χ0) is 23.0. The van der Waals surface area contributed by atoms with Crippen LogP contribution in [0.4, 0.5) is 0 Å². The summed E-state index contributed by atoms with van der Waals surface area (Å²) in [4.78, 5) is 26.2. The summed E-state index contributed by atoms with van der Waals surface area (Å²) >= 11 is 0. The van der Waals surface area contributed by atoms with Crippen LogP contribution in [0.5, 0.6) is 0 Å². The maximum Gasteiger partial charge on any atom is 0.481 e. The Bertz CT molecular complexity index is 535. The summed E-state index contributed by atoms with van der Waals surface area (Å²) in [5, 5.41) is 0. The summed E-state index contributed by atoms with van der Waals surface area (Å²) in [6.45, 7) is 3.21. The lowest BCUT2D eigenvalue weighted by Crippen LogP contribution is -1.99. The van der Waals surface area contributed by atoms with E-state index >= 15 is 0 Å². The highest BCUT2D eigenvalue weighted by Crippen LogP contribution is 2.57. The maximum absolute atomic E-state index is 11.3. The second-order valence-corrected chi connectivity index (χ2v) is 11.5. The van der Waals surface area contributed by atoms with Crippen molar-refractivity contribution in [3.63, 3.8) is 0 Å². The van der Waals surface area contributed by atoms with Crippen molar-refractivity contribution in [2.75, 3.05) is 13.2 Å². The number of phosphoric acid groups is 2. The fraction of sp³-hybridized carbons (Fsp3) is 1.00. The molecular formula is C21H44O8P2. The monoisotopic (exact) mass is 486 g/mol. The Kier molecular flexibility index (Phi) is 15.8. The fourth-order valence-corrected chi connectivity index (χ4v) is 5.50. The van der Waals surface area contributed by atoms with Crippen molar-refractivity contribution in [2.45, 2.75) is 116 Å². The molecule has 0 aliphatic carbocycles. The van der Waals surface area contributed by atoms with Crippen molar-refractivity contribution >= 4 is 15.6 Å². The van der Waals surface area contributed by atoms with Gasteiger partial charge in [0.15, 0.2) is 0 Å². The molecule has 1 saturated heterocycles. The van der Waals surface area contributed by atoms with E-state index in [9.17, 15) is 9.13 Å². The van der Waals surface area contributed by atoms with E-state index in [1.54, 1.807) is 0 Å². The lowest BCUT2D eigenvalue weighted by molar-refractivity contribution is 0.175. The second kappa shape index (κ2) is 16.8. The van der Waals surface area contributed by atoms with Gasteiger partial charge in [0.1, 0.15) is 0 Å². The summed E-state index contributed by atoms with van der Waals surface area (Å²) in [7, 11) is -9.72. The first-order valence-corrected chi connectivity index (χ1v) is 15.1. The van der Waals surface area contributed by atoms with E-state index in [0.717, 1.165) is 31.8 Å². The molecule has 186 valence electrons. The molecule has 3 N–H and O–H groups in total. The predicted octanol–water partition coefficient (Wildman–Crippen LogP) is 6.49. The van der Waals surface area contributed by atoms with Gasteiger partial charge in [-0.3, -0.25) is 4.52 Å². The minimum Gasteiger partial charge on any atom is -0.373 e. The third kappa shape index (κ3) is 19.4. The first-order valence-electron chi connectivity index (χ1n) is 12.1. The Labute approximate surface area is 188 Å². The maximum atomic E-state index is 11.3. The molecule has 1 aliphatic heterocycles. The molecule has 1 fully saturated rings. The van der Waals surface area contributed by atoms with Gasteiger partial charge in [-0.05, 0) is 18.8 Å². The van der Waals surface area contributed by atoms with Crippen LogP contribution in [0.15, 0.2) is 0 Å². The smallest absolute Gasteiger partial charge is 0.373 e. The molecule has 3 atom stereocenters. The molecule has 3 unspecified atom stereocenters. The quantitative estimate of drug-likeness (QED) is 0.0900. The van der Waals surface area contributed by atoms with Gasteiger partial charge in [-0.1, -0.05) is 96.8 Å². The van der Waals surface area contributed by atoms with Gasteiger partial charge in [0.2, 0.25) is 0 Å². The predicted molar refractivity (Wildman–Crippen MR) is 122 cm³/mol. The lowest BCUT2D eigenvalue weighted by Gasteiger charge is -2.14. The SMILES string of the molecule is CCC(CCCCCCCCCC1CO1)CCCCCCCOP(=O)(O)OP(=O)(O)O. The van der Waals surface area contributed by atoms with Gasteiger partial charge >= 0.3 is 15.6 Å². The molecule has 0 bridgehead atoms. The molecule has 0 spiro atoms. The van der Waals surface area contributed by atoms with E-state index in [0.29, 0.717) is 12.5 Å². The molecule has 8 nitrogen and oxygen atoms in total.